The van der Waals surface area contributed by atoms with Crippen molar-refractivity contribution < 1.29 is 23.5 Å². The number of benzene rings is 2. The summed E-state index contributed by atoms with van der Waals surface area (Å²) in [5.74, 6) is -0.362. The number of anilines is 1. The number of carbonyl (C=O) groups is 2. The number of hydrogen-bond acceptors (Lipinski definition) is 5. The molecule has 5 nitrogen and oxygen atoms in total. The van der Waals surface area contributed by atoms with E-state index in [0.29, 0.717) is 22.5 Å². The number of carbonyl (C=O) groups excluding carboxylic acids is 2. The predicted octanol–water partition coefficient (Wildman–Crippen LogP) is 5.23. The summed E-state index contributed by atoms with van der Waals surface area (Å²) in [4.78, 5) is 25.8. The number of esters is 1. The molecule has 1 N–H and O–H groups in total. The summed E-state index contributed by atoms with van der Waals surface area (Å²) in [5, 5.41) is 3.27. The molecule has 3 aromatic rings. The molecule has 1 heterocycles. The van der Waals surface area contributed by atoms with Crippen LogP contribution < -0.4 is 10.1 Å². The van der Waals surface area contributed by atoms with Gasteiger partial charge in [0.15, 0.2) is 0 Å². The highest BCUT2D eigenvalue weighted by Gasteiger charge is 2.25. The summed E-state index contributed by atoms with van der Waals surface area (Å²) in [6, 6.07) is 13.4. The third-order valence-corrected chi connectivity index (χ3v) is 5.68. The van der Waals surface area contributed by atoms with Crippen LogP contribution in [0.25, 0.3) is 11.1 Å². The van der Waals surface area contributed by atoms with Crippen LogP contribution in [0.15, 0.2) is 48.5 Å². The fourth-order valence-corrected chi connectivity index (χ4v) is 4.21. The average molecular weight is 427 g/mol. The van der Waals surface area contributed by atoms with Gasteiger partial charge in [-0.25, -0.2) is 9.18 Å². The number of ether oxygens (including phenoxy) is 2. The smallest absolute Gasteiger partial charge is 0.341 e. The molecule has 0 spiro atoms. The van der Waals surface area contributed by atoms with Crippen molar-refractivity contribution in [1.29, 1.82) is 0 Å². The summed E-state index contributed by atoms with van der Waals surface area (Å²) in [5.41, 5.74) is 2.61. The van der Waals surface area contributed by atoms with E-state index in [1.807, 2.05) is 31.2 Å². The van der Waals surface area contributed by atoms with Crippen molar-refractivity contribution >= 4 is 28.2 Å². The molecule has 0 radical (unpaired) electrons. The van der Waals surface area contributed by atoms with E-state index in [-0.39, 0.29) is 23.7 Å². The minimum atomic E-state index is -0.552. The van der Waals surface area contributed by atoms with Gasteiger partial charge in [0.2, 0.25) is 5.91 Å². The van der Waals surface area contributed by atoms with Crippen LogP contribution in [0.3, 0.4) is 0 Å². The monoisotopic (exact) mass is 427 g/mol. The molecule has 0 fully saturated rings. The molecule has 2 aromatic carbocycles. The zero-order chi connectivity index (χ0) is 21.7. The van der Waals surface area contributed by atoms with Gasteiger partial charge in [-0.3, -0.25) is 4.79 Å². The van der Waals surface area contributed by atoms with E-state index in [1.54, 1.807) is 19.2 Å². The quantitative estimate of drug-likeness (QED) is 0.525. The number of methoxy groups -OCH3 is 2. The van der Waals surface area contributed by atoms with Crippen LogP contribution in [0.1, 0.15) is 27.2 Å². The molecule has 1 aromatic heterocycles. The van der Waals surface area contributed by atoms with Crippen molar-refractivity contribution in [3.63, 3.8) is 0 Å². The minimum Gasteiger partial charge on any atom is -0.497 e. The Kier molecular flexibility index (Phi) is 6.84. The number of amides is 1. The molecule has 0 aliphatic heterocycles. The fourth-order valence-electron chi connectivity index (χ4n) is 3.13. The van der Waals surface area contributed by atoms with Gasteiger partial charge >= 0.3 is 5.97 Å². The van der Waals surface area contributed by atoms with Gasteiger partial charge in [0.25, 0.3) is 0 Å². The van der Waals surface area contributed by atoms with E-state index in [4.69, 9.17) is 9.47 Å². The number of hydrogen-bond donors (Lipinski definition) is 1. The maximum atomic E-state index is 13.3. The van der Waals surface area contributed by atoms with Crippen molar-refractivity contribution in [3.05, 3.63) is 70.4 Å². The highest BCUT2D eigenvalue weighted by atomic mass is 32.1. The highest BCUT2D eigenvalue weighted by molar-refractivity contribution is 7.17. The van der Waals surface area contributed by atoms with Crippen molar-refractivity contribution in [2.45, 2.75) is 19.8 Å². The third-order valence-electron chi connectivity index (χ3n) is 4.66. The maximum Gasteiger partial charge on any atom is 0.341 e. The van der Waals surface area contributed by atoms with Gasteiger partial charge in [0, 0.05) is 16.9 Å². The number of halogens is 1. The van der Waals surface area contributed by atoms with Gasteiger partial charge in [-0.2, -0.15) is 0 Å². The largest absolute Gasteiger partial charge is 0.497 e. The highest BCUT2D eigenvalue weighted by Crippen LogP contribution is 2.40. The van der Waals surface area contributed by atoms with Crippen LogP contribution in [0.2, 0.25) is 0 Å². The Hall–Kier alpha value is -3.19. The molecule has 0 saturated heterocycles. The molecule has 0 unspecified atom stereocenters. The second-order valence-corrected chi connectivity index (χ2v) is 7.86. The molecule has 156 valence electrons. The zero-order valence-electron chi connectivity index (χ0n) is 17.0. The van der Waals surface area contributed by atoms with Crippen LogP contribution in [-0.4, -0.2) is 26.1 Å². The molecule has 0 atom stereocenters. The normalized spacial score (nSPS) is 10.5. The molecule has 0 aliphatic carbocycles. The third kappa shape index (κ3) is 4.86. The van der Waals surface area contributed by atoms with E-state index < -0.39 is 5.97 Å². The van der Waals surface area contributed by atoms with Gasteiger partial charge in [-0.1, -0.05) is 24.3 Å². The van der Waals surface area contributed by atoms with Crippen LogP contribution in [0.5, 0.6) is 5.75 Å². The molecular weight excluding hydrogens is 405 g/mol. The van der Waals surface area contributed by atoms with Crippen molar-refractivity contribution in [3.8, 4) is 16.9 Å². The summed E-state index contributed by atoms with van der Waals surface area (Å²) in [7, 11) is 2.89. The molecule has 7 heteroatoms. The lowest BCUT2D eigenvalue weighted by atomic mass is 10.0. The first-order chi connectivity index (χ1) is 14.4. The van der Waals surface area contributed by atoms with E-state index in [0.717, 1.165) is 16.2 Å². The number of nitrogens with one attached hydrogen (secondary N) is 1. The second kappa shape index (κ2) is 9.54. The molecule has 1 amide bonds. The lowest BCUT2D eigenvalue weighted by Crippen LogP contribution is -2.14. The molecule has 30 heavy (non-hydrogen) atoms. The molecule has 3 rings (SSSR count). The Balaban J connectivity index is 1.80. The Morgan fingerprint density at radius 1 is 1.03 bits per heavy atom. The summed E-state index contributed by atoms with van der Waals surface area (Å²) < 4.78 is 23.4. The first kappa shape index (κ1) is 21.5. The Morgan fingerprint density at radius 3 is 2.30 bits per heavy atom. The summed E-state index contributed by atoms with van der Waals surface area (Å²) in [6.07, 6.45) is 0.814. The molecule has 0 aliphatic rings. The first-order valence-electron chi connectivity index (χ1n) is 9.33. The zero-order valence-corrected chi connectivity index (χ0v) is 17.8. The van der Waals surface area contributed by atoms with Gasteiger partial charge in [-0.05, 0) is 48.7 Å². The van der Waals surface area contributed by atoms with Gasteiger partial charge in [0.05, 0.1) is 14.2 Å². The van der Waals surface area contributed by atoms with Crippen LogP contribution >= 0.6 is 11.3 Å². The molecular formula is C23H22FNO4S. The fraction of sp³-hybridized carbons (Fsp3) is 0.217. The van der Waals surface area contributed by atoms with Gasteiger partial charge < -0.3 is 14.8 Å². The van der Waals surface area contributed by atoms with Gasteiger partial charge in [-0.15, -0.1) is 11.3 Å². The van der Waals surface area contributed by atoms with E-state index in [1.165, 1.54) is 30.6 Å². The second-order valence-electron chi connectivity index (χ2n) is 6.63. The summed E-state index contributed by atoms with van der Waals surface area (Å²) in [6.45, 7) is 1.85. The average Bonchev–Trinajstić information content (AvgIpc) is 3.08. The Morgan fingerprint density at radius 2 is 1.70 bits per heavy atom. The van der Waals surface area contributed by atoms with Crippen LogP contribution in [0, 0.1) is 12.7 Å². The SMILES string of the molecule is COC(=O)c1c(NC(=O)CCc2ccc(OC)cc2)sc(C)c1-c1ccc(F)cc1. The van der Waals surface area contributed by atoms with Crippen molar-refractivity contribution in [1.82, 2.24) is 0 Å². The Bertz CT molecular complexity index is 1040. The standard InChI is InChI=1S/C23H22FNO4S/c1-14-20(16-7-9-17(24)10-8-16)21(23(27)29-3)22(30-14)25-19(26)13-6-15-4-11-18(28-2)12-5-15/h4-5,7-12H,6,13H2,1-3H3,(H,25,26). The van der Waals surface area contributed by atoms with Crippen LogP contribution in [-0.2, 0) is 16.0 Å². The predicted molar refractivity (Wildman–Crippen MR) is 116 cm³/mol. The van der Waals surface area contributed by atoms with Gasteiger partial charge in [0.1, 0.15) is 22.1 Å². The maximum absolute atomic E-state index is 13.3. The van der Waals surface area contributed by atoms with Crippen molar-refractivity contribution in [2.24, 2.45) is 0 Å². The minimum absolute atomic E-state index is 0.206. The Labute approximate surface area is 178 Å². The lowest BCUT2D eigenvalue weighted by molar-refractivity contribution is -0.116. The van der Waals surface area contributed by atoms with Crippen LogP contribution in [0.4, 0.5) is 9.39 Å². The first-order valence-corrected chi connectivity index (χ1v) is 10.1. The number of thiophene rings is 1. The number of rotatable bonds is 7. The van der Waals surface area contributed by atoms with Crippen molar-refractivity contribution in [2.75, 3.05) is 19.5 Å². The molecule has 0 bridgehead atoms. The summed E-state index contributed by atoms with van der Waals surface area (Å²) >= 11 is 1.30. The topological polar surface area (TPSA) is 64.6 Å². The van der Waals surface area contributed by atoms with E-state index in [2.05, 4.69) is 5.32 Å². The number of aryl methyl sites for hydroxylation is 2. The lowest BCUT2D eigenvalue weighted by Gasteiger charge is -2.08. The molecule has 0 saturated carbocycles. The van der Waals surface area contributed by atoms with E-state index in [9.17, 15) is 14.0 Å². The van der Waals surface area contributed by atoms with E-state index >= 15 is 0 Å².